The van der Waals surface area contributed by atoms with E-state index in [9.17, 15) is 14.4 Å². The molecule has 1 aliphatic carbocycles. The number of nitrogens with zero attached hydrogens (tertiary/aromatic N) is 1. The van der Waals surface area contributed by atoms with Gasteiger partial charge in [-0.1, -0.05) is 37.5 Å². The highest BCUT2D eigenvalue weighted by molar-refractivity contribution is 6.15. The fourth-order valence-electron chi connectivity index (χ4n) is 4.17. The van der Waals surface area contributed by atoms with E-state index in [2.05, 4.69) is 10.3 Å². The third kappa shape index (κ3) is 2.44. The van der Waals surface area contributed by atoms with Gasteiger partial charge in [-0.2, -0.15) is 0 Å². The van der Waals surface area contributed by atoms with Crippen molar-refractivity contribution in [3.05, 3.63) is 35.5 Å². The summed E-state index contributed by atoms with van der Waals surface area (Å²) in [6.07, 6.45) is 4.26. The number of nitrogens with one attached hydrogen (secondary N) is 2. The van der Waals surface area contributed by atoms with Crippen LogP contribution in [0, 0.1) is 6.92 Å². The second-order valence-corrected chi connectivity index (χ2v) is 7.06. The Kier molecular flexibility index (Phi) is 3.63. The minimum atomic E-state index is -0.787. The van der Waals surface area contributed by atoms with Gasteiger partial charge in [0.25, 0.3) is 5.91 Å². The standard InChI is InChI=1S/C19H21N3O3/c1-12-16(13-7-3-4-8-14(13)20-12)15(23)11-22-17(24)19(21-18(22)25)9-5-2-6-10-19/h3-4,7-8,20H,2,5-6,9-11H2,1H3,(H,21,25). The largest absolute Gasteiger partial charge is 0.358 e. The topological polar surface area (TPSA) is 82.3 Å². The maximum Gasteiger partial charge on any atom is 0.325 e. The van der Waals surface area contributed by atoms with Crippen LogP contribution in [0.4, 0.5) is 4.79 Å². The maximum absolute atomic E-state index is 12.9. The molecule has 3 amide bonds. The van der Waals surface area contributed by atoms with Crippen LogP contribution >= 0.6 is 0 Å². The molecule has 1 aliphatic heterocycles. The molecule has 2 fully saturated rings. The van der Waals surface area contributed by atoms with Crippen LogP contribution in [0.1, 0.15) is 48.2 Å². The molecule has 2 aromatic rings. The van der Waals surface area contributed by atoms with Gasteiger partial charge in [-0.25, -0.2) is 4.79 Å². The number of hydrogen-bond donors (Lipinski definition) is 2. The van der Waals surface area contributed by atoms with Crippen LogP contribution in [0.25, 0.3) is 10.9 Å². The minimum Gasteiger partial charge on any atom is -0.358 e. The van der Waals surface area contributed by atoms with Gasteiger partial charge in [0, 0.05) is 22.2 Å². The first-order valence-electron chi connectivity index (χ1n) is 8.76. The van der Waals surface area contributed by atoms with Crippen molar-refractivity contribution in [1.29, 1.82) is 0 Å². The summed E-state index contributed by atoms with van der Waals surface area (Å²) in [6, 6.07) is 7.11. The zero-order valence-electron chi connectivity index (χ0n) is 14.2. The summed E-state index contributed by atoms with van der Waals surface area (Å²) in [4.78, 5) is 42.3. The Morgan fingerprint density at radius 1 is 1.16 bits per heavy atom. The smallest absolute Gasteiger partial charge is 0.325 e. The van der Waals surface area contributed by atoms with Gasteiger partial charge in [0.05, 0.1) is 6.54 Å². The fraction of sp³-hybridized carbons (Fsp3) is 0.421. The number of Topliss-reactive ketones (excluding diaryl/α,β-unsaturated/α-hetero) is 1. The van der Waals surface area contributed by atoms with E-state index in [1.54, 1.807) is 0 Å². The number of aromatic amines is 1. The Hall–Kier alpha value is -2.63. The first-order chi connectivity index (χ1) is 12.0. The SMILES string of the molecule is Cc1[nH]c2ccccc2c1C(=O)CN1C(=O)NC2(CCCCC2)C1=O. The zero-order valence-corrected chi connectivity index (χ0v) is 14.2. The summed E-state index contributed by atoms with van der Waals surface area (Å²) in [7, 11) is 0. The lowest BCUT2D eigenvalue weighted by Gasteiger charge is -2.30. The molecule has 1 saturated heterocycles. The molecule has 1 aromatic carbocycles. The van der Waals surface area contributed by atoms with Crippen LogP contribution in [-0.2, 0) is 4.79 Å². The van der Waals surface area contributed by atoms with Crippen molar-refractivity contribution in [3.63, 3.8) is 0 Å². The number of aryl methyl sites for hydroxylation is 1. The monoisotopic (exact) mass is 339 g/mol. The predicted molar refractivity (Wildman–Crippen MR) is 93.4 cm³/mol. The van der Waals surface area contributed by atoms with Crippen LogP contribution in [0.3, 0.4) is 0 Å². The molecule has 0 atom stereocenters. The van der Waals surface area contributed by atoms with Gasteiger partial charge in [0.1, 0.15) is 5.54 Å². The van der Waals surface area contributed by atoms with Crippen molar-refractivity contribution in [1.82, 2.24) is 15.2 Å². The average Bonchev–Trinajstić information content (AvgIpc) is 3.04. The van der Waals surface area contributed by atoms with Gasteiger partial charge in [0.15, 0.2) is 5.78 Å². The molecule has 2 heterocycles. The number of imide groups is 1. The van der Waals surface area contributed by atoms with Gasteiger partial charge < -0.3 is 10.3 Å². The van der Waals surface area contributed by atoms with E-state index in [0.29, 0.717) is 18.4 Å². The lowest BCUT2D eigenvalue weighted by atomic mass is 9.82. The number of fused-ring (bicyclic) bond motifs is 1. The third-order valence-corrected chi connectivity index (χ3v) is 5.43. The van der Waals surface area contributed by atoms with Crippen LogP contribution < -0.4 is 5.32 Å². The van der Waals surface area contributed by atoms with E-state index in [1.807, 2.05) is 31.2 Å². The van der Waals surface area contributed by atoms with Crippen molar-refractivity contribution in [2.45, 2.75) is 44.6 Å². The quantitative estimate of drug-likeness (QED) is 0.666. The number of rotatable bonds is 3. The molecule has 6 heteroatoms. The molecule has 2 N–H and O–H groups in total. The molecule has 1 aromatic heterocycles. The molecule has 0 bridgehead atoms. The molecule has 0 radical (unpaired) electrons. The van der Waals surface area contributed by atoms with Gasteiger partial charge in [-0.05, 0) is 25.8 Å². The van der Waals surface area contributed by atoms with Crippen LogP contribution in [-0.4, -0.2) is 39.7 Å². The number of benzene rings is 1. The van der Waals surface area contributed by atoms with Crippen molar-refractivity contribution in [3.8, 4) is 0 Å². The zero-order chi connectivity index (χ0) is 17.6. The van der Waals surface area contributed by atoms with Gasteiger partial charge in [-0.3, -0.25) is 14.5 Å². The van der Waals surface area contributed by atoms with Gasteiger partial charge >= 0.3 is 6.03 Å². The van der Waals surface area contributed by atoms with Crippen molar-refractivity contribution < 1.29 is 14.4 Å². The summed E-state index contributed by atoms with van der Waals surface area (Å²) in [5, 5.41) is 3.67. The second kappa shape index (κ2) is 5.72. The van der Waals surface area contributed by atoms with E-state index < -0.39 is 11.6 Å². The number of hydrogen-bond acceptors (Lipinski definition) is 3. The van der Waals surface area contributed by atoms with E-state index >= 15 is 0 Å². The molecule has 0 unspecified atom stereocenters. The molecule has 130 valence electrons. The highest BCUT2D eigenvalue weighted by Crippen LogP contribution is 2.34. The lowest BCUT2D eigenvalue weighted by Crippen LogP contribution is -2.48. The number of aromatic nitrogens is 1. The Balaban J connectivity index is 1.61. The maximum atomic E-state index is 12.9. The number of H-pyrrole nitrogens is 1. The number of urea groups is 1. The molecular formula is C19H21N3O3. The molecule has 1 spiro atoms. The van der Waals surface area contributed by atoms with E-state index in [0.717, 1.165) is 40.8 Å². The summed E-state index contributed by atoms with van der Waals surface area (Å²) >= 11 is 0. The molecule has 2 aliphatic rings. The van der Waals surface area contributed by atoms with Crippen LogP contribution in [0.2, 0.25) is 0 Å². The Labute approximate surface area is 145 Å². The average molecular weight is 339 g/mol. The van der Waals surface area contributed by atoms with Crippen LogP contribution in [0.15, 0.2) is 24.3 Å². The van der Waals surface area contributed by atoms with E-state index in [1.165, 1.54) is 0 Å². The Morgan fingerprint density at radius 3 is 2.64 bits per heavy atom. The van der Waals surface area contributed by atoms with Crippen molar-refractivity contribution in [2.75, 3.05) is 6.54 Å². The minimum absolute atomic E-state index is 0.213. The van der Waals surface area contributed by atoms with Gasteiger partial charge in [0.2, 0.25) is 0 Å². The molecule has 25 heavy (non-hydrogen) atoms. The number of ketones is 1. The summed E-state index contributed by atoms with van der Waals surface area (Å²) in [5.74, 6) is -0.464. The third-order valence-electron chi connectivity index (χ3n) is 5.43. The summed E-state index contributed by atoms with van der Waals surface area (Å²) < 4.78 is 0. The number of para-hydroxylation sites is 1. The Bertz CT molecular complexity index is 877. The predicted octanol–water partition coefficient (Wildman–Crippen LogP) is 2.91. The first kappa shape index (κ1) is 15.9. The van der Waals surface area contributed by atoms with E-state index in [-0.39, 0.29) is 18.2 Å². The normalized spacial score (nSPS) is 19.6. The Morgan fingerprint density at radius 2 is 1.88 bits per heavy atom. The fourth-order valence-corrected chi connectivity index (χ4v) is 4.17. The highest BCUT2D eigenvalue weighted by Gasteiger charge is 2.51. The first-order valence-corrected chi connectivity index (χ1v) is 8.76. The summed E-state index contributed by atoms with van der Waals surface area (Å²) in [6.45, 7) is 1.62. The molecule has 1 saturated carbocycles. The summed E-state index contributed by atoms with van der Waals surface area (Å²) in [5.41, 5.74) is 1.40. The second-order valence-electron chi connectivity index (χ2n) is 7.06. The van der Waals surface area contributed by atoms with E-state index in [4.69, 9.17) is 0 Å². The molecular weight excluding hydrogens is 318 g/mol. The molecule has 4 rings (SSSR count). The van der Waals surface area contributed by atoms with Crippen molar-refractivity contribution in [2.24, 2.45) is 0 Å². The van der Waals surface area contributed by atoms with Crippen molar-refractivity contribution >= 4 is 28.6 Å². The highest BCUT2D eigenvalue weighted by atomic mass is 16.2. The number of carbonyl (C=O) groups excluding carboxylic acids is 3. The molecule has 6 nitrogen and oxygen atoms in total. The lowest BCUT2D eigenvalue weighted by molar-refractivity contribution is -0.132. The van der Waals surface area contributed by atoms with Gasteiger partial charge in [-0.15, -0.1) is 0 Å². The number of carbonyl (C=O) groups is 3. The van der Waals surface area contributed by atoms with Crippen LogP contribution in [0.5, 0.6) is 0 Å². The number of amides is 3.